The van der Waals surface area contributed by atoms with Crippen molar-refractivity contribution < 1.29 is 4.79 Å². The molecule has 2 heterocycles. The minimum absolute atomic E-state index is 0.188. The maximum Gasteiger partial charge on any atom is 0.254 e. The fourth-order valence-electron chi connectivity index (χ4n) is 3.86. The van der Waals surface area contributed by atoms with Crippen molar-refractivity contribution in [3.05, 3.63) is 29.3 Å². The molecule has 23 heavy (non-hydrogen) atoms. The minimum atomic E-state index is 0.188. The molecule has 3 rings (SSSR count). The topological polar surface area (TPSA) is 35.6 Å². The molecule has 0 radical (unpaired) electrons. The van der Waals surface area contributed by atoms with E-state index >= 15 is 0 Å². The molecule has 1 saturated heterocycles. The molecule has 0 bridgehead atoms. The Morgan fingerprint density at radius 1 is 1.30 bits per heavy atom. The van der Waals surface area contributed by atoms with Gasteiger partial charge < -0.3 is 15.1 Å². The molecule has 1 N–H and O–H groups in total. The van der Waals surface area contributed by atoms with E-state index in [1.54, 1.807) is 0 Å². The van der Waals surface area contributed by atoms with E-state index in [2.05, 4.69) is 30.1 Å². The van der Waals surface area contributed by atoms with Crippen LogP contribution in [0.3, 0.4) is 0 Å². The third-order valence-corrected chi connectivity index (χ3v) is 5.42. The van der Waals surface area contributed by atoms with Crippen LogP contribution < -0.4 is 5.32 Å². The van der Waals surface area contributed by atoms with Crippen molar-refractivity contribution in [2.45, 2.75) is 51.6 Å². The quantitative estimate of drug-likeness (QED) is 0.931. The zero-order valence-electron chi connectivity index (χ0n) is 14.6. The summed E-state index contributed by atoms with van der Waals surface area (Å²) in [6.07, 6.45) is 4.26. The number of carbonyl (C=O) groups is 1. The Labute approximate surface area is 139 Å². The molecule has 0 aromatic heterocycles. The first-order valence-corrected chi connectivity index (χ1v) is 8.95. The highest BCUT2D eigenvalue weighted by molar-refractivity contribution is 5.97. The minimum Gasteiger partial charge on any atom is -0.385 e. The molecule has 2 aliphatic rings. The number of hydrogen-bond donors (Lipinski definition) is 1. The summed E-state index contributed by atoms with van der Waals surface area (Å²) in [4.78, 5) is 17.5. The van der Waals surface area contributed by atoms with E-state index in [9.17, 15) is 4.79 Å². The van der Waals surface area contributed by atoms with Crippen LogP contribution in [0.4, 0.5) is 5.69 Å². The Kier molecular flexibility index (Phi) is 4.90. The maximum atomic E-state index is 13.0. The standard InChI is InChI=1S/C19H29N3O/c1-14(2)22-12-9-15(10-13-22)21(3)19(23)17-6-4-8-18-16(17)7-5-11-20-18/h4,6,8,14-15,20H,5,7,9-13H2,1-3H3. The van der Waals surface area contributed by atoms with Gasteiger partial charge in [-0.05, 0) is 57.2 Å². The van der Waals surface area contributed by atoms with Gasteiger partial charge in [0.15, 0.2) is 0 Å². The van der Waals surface area contributed by atoms with Crippen molar-refractivity contribution in [2.24, 2.45) is 0 Å². The first kappa shape index (κ1) is 16.3. The van der Waals surface area contributed by atoms with Gasteiger partial charge in [0.1, 0.15) is 0 Å². The van der Waals surface area contributed by atoms with Gasteiger partial charge in [0.05, 0.1) is 0 Å². The lowest BCUT2D eigenvalue weighted by Gasteiger charge is -2.38. The second-order valence-corrected chi connectivity index (χ2v) is 7.14. The van der Waals surface area contributed by atoms with Gasteiger partial charge >= 0.3 is 0 Å². The molecule has 126 valence electrons. The molecule has 0 atom stereocenters. The van der Waals surface area contributed by atoms with Gasteiger partial charge in [-0.25, -0.2) is 0 Å². The molecule has 0 aliphatic carbocycles. The molecule has 0 spiro atoms. The first-order valence-electron chi connectivity index (χ1n) is 8.95. The van der Waals surface area contributed by atoms with Crippen LogP contribution in [0, 0.1) is 0 Å². The maximum absolute atomic E-state index is 13.0. The third-order valence-electron chi connectivity index (χ3n) is 5.42. The molecule has 0 unspecified atom stereocenters. The van der Waals surface area contributed by atoms with E-state index in [4.69, 9.17) is 0 Å². The third kappa shape index (κ3) is 3.37. The van der Waals surface area contributed by atoms with Crippen LogP contribution in [0.25, 0.3) is 0 Å². The highest BCUT2D eigenvalue weighted by Crippen LogP contribution is 2.27. The highest BCUT2D eigenvalue weighted by Gasteiger charge is 2.28. The summed E-state index contributed by atoms with van der Waals surface area (Å²) in [5.74, 6) is 0.188. The number of piperidine rings is 1. The smallest absolute Gasteiger partial charge is 0.254 e. The fraction of sp³-hybridized carbons (Fsp3) is 0.632. The summed E-state index contributed by atoms with van der Waals surface area (Å²) >= 11 is 0. The normalized spacial score (nSPS) is 19.3. The first-order chi connectivity index (χ1) is 11.1. The lowest BCUT2D eigenvalue weighted by Crippen LogP contribution is -2.47. The van der Waals surface area contributed by atoms with Crippen molar-refractivity contribution in [1.29, 1.82) is 0 Å². The number of amides is 1. The average Bonchev–Trinajstić information content (AvgIpc) is 2.60. The molecule has 4 heteroatoms. The van der Waals surface area contributed by atoms with Crippen LogP contribution in [-0.2, 0) is 6.42 Å². The van der Waals surface area contributed by atoms with E-state index in [1.165, 1.54) is 5.56 Å². The SMILES string of the molecule is CC(C)N1CCC(N(C)C(=O)c2cccc3c2CCCN3)CC1. The van der Waals surface area contributed by atoms with Gasteiger partial charge in [0.25, 0.3) is 5.91 Å². The summed E-state index contributed by atoms with van der Waals surface area (Å²) in [5, 5.41) is 3.42. The van der Waals surface area contributed by atoms with E-state index in [1.807, 2.05) is 24.1 Å². The number of anilines is 1. The van der Waals surface area contributed by atoms with E-state index in [0.29, 0.717) is 12.1 Å². The molecule has 0 saturated carbocycles. The van der Waals surface area contributed by atoms with E-state index < -0.39 is 0 Å². The van der Waals surface area contributed by atoms with Crippen LogP contribution in [0.15, 0.2) is 18.2 Å². The Morgan fingerprint density at radius 2 is 2.04 bits per heavy atom. The van der Waals surface area contributed by atoms with Crippen molar-refractivity contribution in [3.63, 3.8) is 0 Å². The Balaban J connectivity index is 1.71. The Morgan fingerprint density at radius 3 is 2.74 bits per heavy atom. The molecule has 1 aromatic rings. The van der Waals surface area contributed by atoms with Crippen LogP contribution >= 0.6 is 0 Å². The van der Waals surface area contributed by atoms with Gasteiger partial charge in [-0.15, -0.1) is 0 Å². The molecular weight excluding hydrogens is 286 g/mol. The second-order valence-electron chi connectivity index (χ2n) is 7.14. The number of carbonyl (C=O) groups excluding carboxylic acids is 1. The summed E-state index contributed by atoms with van der Waals surface area (Å²) in [7, 11) is 1.98. The molecule has 1 aromatic carbocycles. The zero-order valence-corrected chi connectivity index (χ0v) is 14.6. The van der Waals surface area contributed by atoms with Gasteiger partial charge in [-0.3, -0.25) is 4.79 Å². The number of nitrogens with one attached hydrogen (secondary N) is 1. The van der Waals surface area contributed by atoms with Crippen molar-refractivity contribution in [3.8, 4) is 0 Å². The number of nitrogens with zero attached hydrogens (tertiary/aromatic N) is 2. The second kappa shape index (κ2) is 6.91. The number of likely N-dealkylation sites (tertiary alicyclic amines) is 1. The van der Waals surface area contributed by atoms with Crippen molar-refractivity contribution >= 4 is 11.6 Å². The fourth-order valence-corrected chi connectivity index (χ4v) is 3.86. The van der Waals surface area contributed by atoms with Gasteiger partial charge in [0, 0.05) is 50.0 Å². The Bertz CT molecular complexity index is 562. The van der Waals surface area contributed by atoms with E-state index in [0.717, 1.165) is 56.6 Å². The van der Waals surface area contributed by atoms with Crippen LogP contribution in [0.5, 0.6) is 0 Å². The number of hydrogen-bond acceptors (Lipinski definition) is 3. The lowest BCUT2D eigenvalue weighted by atomic mass is 9.95. The van der Waals surface area contributed by atoms with Crippen LogP contribution in [0.2, 0.25) is 0 Å². The molecule has 1 fully saturated rings. The summed E-state index contributed by atoms with van der Waals surface area (Å²) in [5.41, 5.74) is 3.24. The average molecular weight is 315 g/mol. The predicted octanol–water partition coefficient (Wildman–Crippen LogP) is 2.99. The summed E-state index contributed by atoms with van der Waals surface area (Å²) in [6.45, 7) is 7.69. The molecule has 2 aliphatic heterocycles. The molecule has 4 nitrogen and oxygen atoms in total. The van der Waals surface area contributed by atoms with Gasteiger partial charge in [-0.1, -0.05) is 6.07 Å². The number of fused-ring (bicyclic) bond motifs is 1. The van der Waals surface area contributed by atoms with E-state index in [-0.39, 0.29) is 5.91 Å². The zero-order chi connectivity index (χ0) is 16.4. The lowest BCUT2D eigenvalue weighted by molar-refractivity contribution is 0.0614. The van der Waals surface area contributed by atoms with Gasteiger partial charge in [-0.2, -0.15) is 0 Å². The van der Waals surface area contributed by atoms with Crippen LogP contribution in [0.1, 0.15) is 49.0 Å². The summed E-state index contributed by atoms with van der Waals surface area (Å²) < 4.78 is 0. The van der Waals surface area contributed by atoms with Crippen molar-refractivity contribution in [2.75, 3.05) is 32.0 Å². The molecular formula is C19H29N3O. The Hall–Kier alpha value is -1.55. The largest absolute Gasteiger partial charge is 0.385 e. The molecule has 1 amide bonds. The predicted molar refractivity (Wildman–Crippen MR) is 95.1 cm³/mol. The monoisotopic (exact) mass is 315 g/mol. The van der Waals surface area contributed by atoms with Gasteiger partial charge in [0.2, 0.25) is 0 Å². The van der Waals surface area contributed by atoms with Crippen LogP contribution in [-0.4, -0.2) is 54.5 Å². The van der Waals surface area contributed by atoms with Crippen molar-refractivity contribution in [1.82, 2.24) is 9.80 Å². The number of rotatable bonds is 3. The number of benzene rings is 1. The highest BCUT2D eigenvalue weighted by atomic mass is 16.2. The summed E-state index contributed by atoms with van der Waals surface area (Å²) in [6, 6.07) is 7.05.